The van der Waals surface area contributed by atoms with Crippen LogP contribution in [0.1, 0.15) is 173 Å². The molecule has 0 saturated heterocycles. The number of benzene rings is 1. The number of ether oxygens (including phenoxy) is 2. The number of nitrogens with zero attached hydrogens (tertiary/aromatic N) is 1. The van der Waals surface area contributed by atoms with E-state index < -0.39 is 5.79 Å². The standard InChI is InChI=1S/C47H79NO2/c1-6-8-10-12-14-16-18-20-22-24-26-28-30-32-34-36-42-49-47(3,46-40-38-45(39-41-46)44-48(4)5)50-43-37-35-33-31-29-27-25-23-21-19-17-15-13-11-9-7-2/h8,10,14-17,20-23,38-41H,6-7,9,11-13,18-19,24-37,42-44H2,1-5H3/b10-8-,16-14-,17-15-,22-20-,23-21-. The molecule has 0 spiro atoms. The average molecular weight is 690 g/mol. The predicted molar refractivity (Wildman–Crippen MR) is 222 cm³/mol. The van der Waals surface area contributed by atoms with Crippen molar-refractivity contribution in [1.82, 2.24) is 4.90 Å². The van der Waals surface area contributed by atoms with Gasteiger partial charge in [0.05, 0.1) is 13.2 Å². The van der Waals surface area contributed by atoms with Crippen LogP contribution >= 0.6 is 0 Å². The van der Waals surface area contributed by atoms with Crippen LogP contribution in [0.25, 0.3) is 0 Å². The van der Waals surface area contributed by atoms with Crippen molar-refractivity contribution < 1.29 is 9.47 Å². The number of allylic oxidation sites excluding steroid dienone is 10. The Hall–Kier alpha value is -2.20. The monoisotopic (exact) mass is 690 g/mol. The first kappa shape index (κ1) is 45.8. The summed E-state index contributed by atoms with van der Waals surface area (Å²) >= 11 is 0. The number of unbranched alkanes of at least 4 members (excludes halogenated alkanes) is 15. The Bertz CT molecular complexity index is 1020. The third kappa shape index (κ3) is 27.5. The molecule has 0 aromatic heterocycles. The minimum atomic E-state index is -0.693. The predicted octanol–water partition coefficient (Wildman–Crippen LogP) is 14.4. The molecule has 0 saturated carbocycles. The Morgan fingerprint density at radius 2 is 0.900 bits per heavy atom. The first-order chi connectivity index (χ1) is 24.5. The molecule has 0 aliphatic rings. The SMILES string of the molecule is CC/C=C\C/C=C\C/C=C\CCCCCCCCOC(C)(OCCCCCCCC/C=C\C/C=C\CCCCC)c1ccc(CN(C)C)cc1. The summed E-state index contributed by atoms with van der Waals surface area (Å²) in [5, 5.41) is 0. The molecule has 0 amide bonds. The maximum atomic E-state index is 6.52. The van der Waals surface area contributed by atoms with Gasteiger partial charge in [-0.25, -0.2) is 0 Å². The van der Waals surface area contributed by atoms with Crippen LogP contribution in [-0.2, 0) is 21.8 Å². The Balaban J connectivity index is 2.28. The van der Waals surface area contributed by atoms with E-state index in [1.54, 1.807) is 0 Å². The Labute approximate surface area is 311 Å². The molecular weight excluding hydrogens is 611 g/mol. The zero-order valence-electron chi connectivity index (χ0n) is 33.5. The Kier molecular flexibility index (Phi) is 31.1. The minimum Gasteiger partial charge on any atom is -0.346 e. The number of hydrogen-bond donors (Lipinski definition) is 0. The van der Waals surface area contributed by atoms with E-state index in [1.807, 2.05) is 0 Å². The van der Waals surface area contributed by atoms with Gasteiger partial charge in [0.25, 0.3) is 0 Å². The van der Waals surface area contributed by atoms with Crippen LogP contribution in [0.5, 0.6) is 0 Å². The van der Waals surface area contributed by atoms with Gasteiger partial charge >= 0.3 is 0 Å². The zero-order chi connectivity index (χ0) is 36.2. The number of rotatable bonds is 34. The van der Waals surface area contributed by atoms with Gasteiger partial charge in [-0.3, -0.25) is 0 Å². The molecule has 1 aromatic rings. The maximum absolute atomic E-state index is 6.52. The smallest absolute Gasteiger partial charge is 0.191 e. The molecule has 0 heterocycles. The highest BCUT2D eigenvalue weighted by Crippen LogP contribution is 2.29. The minimum absolute atomic E-state index is 0.693. The van der Waals surface area contributed by atoms with E-state index in [0.717, 1.165) is 63.8 Å². The average Bonchev–Trinajstić information content (AvgIpc) is 3.11. The van der Waals surface area contributed by atoms with Crippen LogP contribution in [0.3, 0.4) is 0 Å². The summed E-state index contributed by atoms with van der Waals surface area (Å²) in [7, 11) is 4.23. The lowest BCUT2D eigenvalue weighted by Crippen LogP contribution is -2.30. The van der Waals surface area contributed by atoms with Gasteiger partial charge in [0, 0.05) is 12.1 Å². The molecule has 1 rings (SSSR count). The topological polar surface area (TPSA) is 21.7 Å². The Morgan fingerprint density at radius 3 is 1.34 bits per heavy atom. The molecule has 0 fully saturated rings. The zero-order valence-corrected chi connectivity index (χ0v) is 33.5. The van der Waals surface area contributed by atoms with Gasteiger partial charge in [-0.15, -0.1) is 0 Å². The van der Waals surface area contributed by atoms with Crippen molar-refractivity contribution in [2.45, 2.75) is 174 Å². The van der Waals surface area contributed by atoms with Crippen LogP contribution in [0.2, 0.25) is 0 Å². The molecule has 3 heteroatoms. The van der Waals surface area contributed by atoms with Gasteiger partial charge in [0.15, 0.2) is 5.79 Å². The van der Waals surface area contributed by atoms with Crippen LogP contribution in [0, 0.1) is 0 Å². The van der Waals surface area contributed by atoms with Crippen LogP contribution in [-0.4, -0.2) is 32.2 Å². The lowest BCUT2D eigenvalue weighted by Gasteiger charge is -2.31. The van der Waals surface area contributed by atoms with Crippen molar-refractivity contribution in [1.29, 1.82) is 0 Å². The van der Waals surface area contributed by atoms with Gasteiger partial charge in [-0.1, -0.05) is 163 Å². The van der Waals surface area contributed by atoms with Crippen molar-refractivity contribution >= 4 is 0 Å². The summed E-state index contributed by atoms with van der Waals surface area (Å²) in [5.41, 5.74) is 2.44. The summed E-state index contributed by atoms with van der Waals surface area (Å²) < 4.78 is 13.0. The molecular formula is C47H79NO2. The molecule has 1 unspecified atom stereocenters. The third-order valence-electron chi connectivity index (χ3n) is 9.12. The van der Waals surface area contributed by atoms with Crippen molar-refractivity contribution in [2.75, 3.05) is 27.3 Å². The van der Waals surface area contributed by atoms with E-state index in [4.69, 9.17) is 9.47 Å². The first-order valence-corrected chi connectivity index (χ1v) is 20.8. The van der Waals surface area contributed by atoms with Gasteiger partial charge in [0.1, 0.15) is 0 Å². The fraction of sp³-hybridized carbons (Fsp3) is 0.660. The third-order valence-corrected chi connectivity index (χ3v) is 9.12. The highest BCUT2D eigenvalue weighted by atomic mass is 16.7. The second kappa shape index (κ2) is 33.9. The van der Waals surface area contributed by atoms with E-state index in [9.17, 15) is 0 Å². The highest BCUT2D eigenvalue weighted by Gasteiger charge is 2.28. The van der Waals surface area contributed by atoms with Crippen molar-refractivity contribution in [3.8, 4) is 0 Å². The molecule has 1 aromatic carbocycles. The van der Waals surface area contributed by atoms with Crippen molar-refractivity contribution in [2.24, 2.45) is 0 Å². The van der Waals surface area contributed by atoms with E-state index in [1.165, 1.54) is 108 Å². The van der Waals surface area contributed by atoms with Crippen LogP contribution < -0.4 is 0 Å². The second-order valence-corrected chi connectivity index (χ2v) is 14.4. The molecule has 0 aliphatic heterocycles. The maximum Gasteiger partial charge on any atom is 0.191 e. The largest absolute Gasteiger partial charge is 0.346 e. The molecule has 0 radical (unpaired) electrons. The fourth-order valence-corrected chi connectivity index (χ4v) is 6.01. The Morgan fingerprint density at radius 1 is 0.500 bits per heavy atom. The lowest BCUT2D eigenvalue weighted by molar-refractivity contribution is -0.235. The van der Waals surface area contributed by atoms with Crippen molar-refractivity contribution in [3.63, 3.8) is 0 Å². The van der Waals surface area contributed by atoms with Gasteiger partial charge < -0.3 is 14.4 Å². The molecule has 0 N–H and O–H groups in total. The van der Waals surface area contributed by atoms with Gasteiger partial charge in [-0.05, 0) is 104 Å². The summed E-state index contributed by atoms with van der Waals surface area (Å²) in [4.78, 5) is 2.20. The second-order valence-electron chi connectivity index (χ2n) is 14.4. The van der Waals surface area contributed by atoms with E-state index in [-0.39, 0.29) is 0 Å². The van der Waals surface area contributed by atoms with Crippen LogP contribution in [0.15, 0.2) is 85.0 Å². The molecule has 284 valence electrons. The lowest BCUT2D eigenvalue weighted by atomic mass is 10.0. The van der Waals surface area contributed by atoms with E-state index in [0.29, 0.717) is 0 Å². The molecule has 1 atom stereocenters. The summed E-state index contributed by atoms with van der Waals surface area (Å²) in [5.74, 6) is -0.693. The van der Waals surface area contributed by atoms with E-state index >= 15 is 0 Å². The normalized spacial score (nSPS) is 13.8. The molecule has 0 bridgehead atoms. The van der Waals surface area contributed by atoms with E-state index in [2.05, 4.69) is 125 Å². The number of hydrogen-bond acceptors (Lipinski definition) is 3. The van der Waals surface area contributed by atoms with Crippen molar-refractivity contribution in [3.05, 3.63) is 96.2 Å². The van der Waals surface area contributed by atoms with Crippen LogP contribution in [0.4, 0.5) is 0 Å². The fourth-order valence-electron chi connectivity index (χ4n) is 6.01. The molecule has 0 aliphatic carbocycles. The highest BCUT2D eigenvalue weighted by molar-refractivity contribution is 5.25. The summed E-state index contributed by atoms with van der Waals surface area (Å²) in [6.07, 6.45) is 50.0. The molecule has 3 nitrogen and oxygen atoms in total. The van der Waals surface area contributed by atoms with Gasteiger partial charge in [-0.2, -0.15) is 0 Å². The summed E-state index contributed by atoms with van der Waals surface area (Å²) in [6, 6.07) is 8.84. The summed E-state index contributed by atoms with van der Waals surface area (Å²) in [6.45, 7) is 8.99. The first-order valence-electron chi connectivity index (χ1n) is 20.8. The van der Waals surface area contributed by atoms with Gasteiger partial charge in [0.2, 0.25) is 0 Å². The molecule has 50 heavy (non-hydrogen) atoms. The quantitative estimate of drug-likeness (QED) is 0.0408.